The zero-order chi connectivity index (χ0) is 16.9. The van der Waals surface area contributed by atoms with Crippen molar-refractivity contribution in [3.8, 4) is 0 Å². The largest absolute Gasteiger partial charge is 0.465 e. The van der Waals surface area contributed by atoms with Crippen molar-refractivity contribution in [1.82, 2.24) is 0 Å². The third-order valence-electron chi connectivity index (χ3n) is 7.41. The van der Waals surface area contributed by atoms with Gasteiger partial charge in [-0.3, -0.25) is 9.59 Å². The first-order chi connectivity index (χ1) is 11.4. The van der Waals surface area contributed by atoms with Crippen LogP contribution in [0.25, 0.3) is 0 Å². The quantitative estimate of drug-likeness (QED) is 0.549. The van der Waals surface area contributed by atoms with Crippen molar-refractivity contribution in [3.05, 3.63) is 23.3 Å². The van der Waals surface area contributed by atoms with E-state index in [2.05, 4.69) is 26.8 Å². The van der Waals surface area contributed by atoms with Gasteiger partial charge < -0.3 is 9.47 Å². The number of esters is 1. The van der Waals surface area contributed by atoms with Gasteiger partial charge in [-0.15, -0.1) is 0 Å². The molecule has 1 spiro atoms. The molecular formula is C20H24O4. The Labute approximate surface area is 142 Å². The summed E-state index contributed by atoms with van der Waals surface area (Å²) in [5.41, 5.74) is 1.31. The van der Waals surface area contributed by atoms with Gasteiger partial charge in [0.15, 0.2) is 11.4 Å². The van der Waals surface area contributed by atoms with Crippen molar-refractivity contribution in [2.75, 3.05) is 6.61 Å². The number of allylic oxidation sites excluding steroid dienone is 2. The maximum absolute atomic E-state index is 13.1. The summed E-state index contributed by atoms with van der Waals surface area (Å²) in [6.07, 6.45) is 6.86. The SMILES string of the molecule is CC(C)C1=CC=C2[C@]3(O[C@H]3C[C@H]3[C@@H]4COC(=O)[C@H]4CC[C@]23C)C1=O. The minimum absolute atomic E-state index is 0.00812. The first-order valence-electron chi connectivity index (χ1n) is 9.21. The van der Waals surface area contributed by atoms with Gasteiger partial charge in [-0.1, -0.05) is 32.9 Å². The maximum Gasteiger partial charge on any atom is 0.309 e. The lowest BCUT2D eigenvalue weighted by molar-refractivity contribution is -0.142. The van der Waals surface area contributed by atoms with Crippen LogP contribution in [0.1, 0.15) is 40.0 Å². The Morgan fingerprint density at radius 2 is 2.04 bits per heavy atom. The maximum atomic E-state index is 13.1. The average molecular weight is 328 g/mol. The highest BCUT2D eigenvalue weighted by Crippen LogP contribution is 2.68. The summed E-state index contributed by atoms with van der Waals surface area (Å²) >= 11 is 0. The lowest BCUT2D eigenvalue weighted by Gasteiger charge is -2.51. The minimum Gasteiger partial charge on any atom is -0.465 e. The van der Waals surface area contributed by atoms with Crippen LogP contribution in [-0.2, 0) is 19.1 Å². The smallest absolute Gasteiger partial charge is 0.309 e. The number of hydrogen-bond acceptors (Lipinski definition) is 4. The number of Topliss-reactive ketones (excluding diaryl/α,β-unsaturated/α-hetero) is 1. The highest BCUT2D eigenvalue weighted by molar-refractivity contribution is 6.09. The zero-order valence-electron chi connectivity index (χ0n) is 14.5. The van der Waals surface area contributed by atoms with E-state index in [4.69, 9.17) is 9.47 Å². The molecule has 2 aliphatic heterocycles. The predicted molar refractivity (Wildman–Crippen MR) is 87.0 cm³/mol. The number of cyclic esters (lactones) is 1. The van der Waals surface area contributed by atoms with Crippen LogP contribution in [-0.4, -0.2) is 30.1 Å². The van der Waals surface area contributed by atoms with Gasteiger partial charge in [0, 0.05) is 11.5 Å². The summed E-state index contributed by atoms with van der Waals surface area (Å²) in [5, 5.41) is 0. The Bertz CT molecular complexity index is 717. The summed E-state index contributed by atoms with van der Waals surface area (Å²) in [4.78, 5) is 25.1. The number of rotatable bonds is 1. The van der Waals surface area contributed by atoms with E-state index in [1.54, 1.807) is 0 Å². The molecule has 0 radical (unpaired) electrons. The van der Waals surface area contributed by atoms with E-state index < -0.39 is 5.60 Å². The van der Waals surface area contributed by atoms with Gasteiger partial charge in [-0.05, 0) is 42.1 Å². The molecule has 24 heavy (non-hydrogen) atoms. The Balaban J connectivity index is 1.60. The Morgan fingerprint density at radius 1 is 1.25 bits per heavy atom. The molecule has 128 valence electrons. The van der Waals surface area contributed by atoms with Crippen LogP contribution in [0.15, 0.2) is 23.3 Å². The third kappa shape index (κ3) is 1.54. The Hall–Kier alpha value is -1.42. The second-order valence-corrected chi connectivity index (χ2v) is 8.73. The van der Waals surface area contributed by atoms with Gasteiger partial charge in [-0.25, -0.2) is 0 Å². The number of ether oxygens (including phenoxy) is 2. The number of epoxide rings is 1. The number of carbonyl (C=O) groups is 2. The van der Waals surface area contributed by atoms with Crippen molar-refractivity contribution in [2.24, 2.45) is 29.1 Å². The van der Waals surface area contributed by atoms with Gasteiger partial charge in [0.05, 0.1) is 12.5 Å². The predicted octanol–water partition coefficient (Wildman–Crippen LogP) is 2.82. The molecule has 0 N–H and O–H groups in total. The molecule has 5 rings (SSSR count). The van der Waals surface area contributed by atoms with Gasteiger partial charge >= 0.3 is 5.97 Å². The molecule has 4 nitrogen and oxygen atoms in total. The van der Waals surface area contributed by atoms with Crippen molar-refractivity contribution < 1.29 is 19.1 Å². The van der Waals surface area contributed by atoms with Gasteiger partial charge in [0.25, 0.3) is 0 Å². The van der Waals surface area contributed by atoms with E-state index in [1.165, 1.54) is 5.57 Å². The molecule has 5 aliphatic rings. The summed E-state index contributed by atoms with van der Waals surface area (Å²) in [6, 6.07) is 0. The molecule has 4 fully saturated rings. The van der Waals surface area contributed by atoms with Crippen LogP contribution in [0.4, 0.5) is 0 Å². The highest BCUT2D eigenvalue weighted by Gasteiger charge is 2.74. The van der Waals surface area contributed by atoms with Crippen LogP contribution in [0.5, 0.6) is 0 Å². The molecule has 0 aromatic rings. The first kappa shape index (κ1) is 14.9. The standard InChI is InChI=1S/C20H24O4/c1-10(2)11-4-5-15-19(3)7-6-12-13(9-23-18(12)22)14(19)8-16-20(15,24-16)17(11)21/h4-5,10,12-14,16H,6-9H2,1-3H3/t12-,13+,14-,16-,19-,20+/m0/s1. The fourth-order valence-electron chi connectivity index (χ4n) is 6.04. The number of carbonyl (C=O) groups excluding carboxylic acids is 2. The number of ketones is 1. The van der Waals surface area contributed by atoms with E-state index in [0.29, 0.717) is 12.5 Å². The molecule has 0 amide bonds. The van der Waals surface area contributed by atoms with Gasteiger partial charge in [-0.2, -0.15) is 0 Å². The molecule has 6 atom stereocenters. The van der Waals surface area contributed by atoms with Gasteiger partial charge in [0.1, 0.15) is 6.10 Å². The molecule has 4 heteroatoms. The second kappa shape index (κ2) is 4.40. The zero-order valence-corrected chi connectivity index (χ0v) is 14.5. The number of fused-ring (bicyclic) bond motifs is 4. The van der Waals surface area contributed by atoms with Crippen molar-refractivity contribution >= 4 is 11.8 Å². The third-order valence-corrected chi connectivity index (χ3v) is 7.41. The summed E-state index contributed by atoms with van der Waals surface area (Å²) in [7, 11) is 0. The fraction of sp³-hybridized carbons (Fsp3) is 0.700. The second-order valence-electron chi connectivity index (χ2n) is 8.73. The molecule has 0 aromatic carbocycles. The molecule has 0 aromatic heterocycles. The van der Waals surface area contributed by atoms with Crippen LogP contribution in [0.3, 0.4) is 0 Å². The van der Waals surface area contributed by atoms with Crippen LogP contribution in [0, 0.1) is 29.1 Å². The summed E-state index contributed by atoms with van der Waals surface area (Å²) < 4.78 is 11.5. The highest BCUT2D eigenvalue weighted by atomic mass is 16.6. The van der Waals surface area contributed by atoms with Crippen LogP contribution < -0.4 is 0 Å². The summed E-state index contributed by atoms with van der Waals surface area (Å²) in [5.74, 6) is 1.08. The fourth-order valence-corrected chi connectivity index (χ4v) is 6.04. The van der Waals surface area contributed by atoms with E-state index in [0.717, 1.165) is 24.8 Å². The molecule has 0 unspecified atom stereocenters. The molecule has 2 saturated carbocycles. The van der Waals surface area contributed by atoms with Crippen molar-refractivity contribution in [2.45, 2.75) is 51.7 Å². The monoisotopic (exact) mass is 328 g/mol. The van der Waals surface area contributed by atoms with E-state index in [-0.39, 0.29) is 41.0 Å². The van der Waals surface area contributed by atoms with Crippen molar-refractivity contribution in [1.29, 1.82) is 0 Å². The van der Waals surface area contributed by atoms with E-state index in [1.807, 2.05) is 6.08 Å². The normalized spacial score (nSPS) is 48.7. The van der Waals surface area contributed by atoms with Gasteiger partial charge in [0.2, 0.25) is 0 Å². The molecular weight excluding hydrogens is 304 g/mol. The van der Waals surface area contributed by atoms with Crippen molar-refractivity contribution in [3.63, 3.8) is 0 Å². The lowest BCUT2D eigenvalue weighted by atomic mass is 9.49. The van der Waals surface area contributed by atoms with E-state index in [9.17, 15) is 9.59 Å². The average Bonchev–Trinajstić information content (AvgIpc) is 3.13. The Morgan fingerprint density at radius 3 is 2.79 bits per heavy atom. The molecule has 2 heterocycles. The number of hydrogen-bond donors (Lipinski definition) is 0. The molecule has 0 bridgehead atoms. The molecule has 2 saturated heterocycles. The minimum atomic E-state index is -0.685. The summed E-state index contributed by atoms with van der Waals surface area (Å²) in [6.45, 7) is 6.95. The first-order valence-corrected chi connectivity index (χ1v) is 9.21. The lowest BCUT2D eigenvalue weighted by Crippen LogP contribution is -2.53. The Kier molecular flexibility index (Phi) is 2.73. The topological polar surface area (TPSA) is 55.9 Å². The molecule has 3 aliphatic carbocycles. The van der Waals surface area contributed by atoms with E-state index >= 15 is 0 Å². The van der Waals surface area contributed by atoms with Crippen LogP contribution >= 0.6 is 0 Å². The van der Waals surface area contributed by atoms with Crippen LogP contribution in [0.2, 0.25) is 0 Å².